The van der Waals surface area contributed by atoms with E-state index in [1.54, 1.807) is 0 Å². The van der Waals surface area contributed by atoms with Crippen LogP contribution in [-0.4, -0.2) is 11.7 Å². The summed E-state index contributed by atoms with van der Waals surface area (Å²) >= 11 is 5.99. The Labute approximate surface area is 117 Å². The van der Waals surface area contributed by atoms with Crippen LogP contribution in [0.15, 0.2) is 48.5 Å². The molecule has 0 saturated heterocycles. The number of benzene rings is 2. The maximum atomic E-state index is 10.6. The smallest absolute Gasteiger partial charge is 0.122 e. The third-order valence-corrected chi connectivity index (χ3v) is 3.81. The first-order chi connectivity index (χ1) is 9.25. The molecule has 3 rings (SSSR count). The molecule has 1 aliphatic heterocycles. The quantitative estimate of drug-likeness (QED) is 0.899. The fourth-order valence-electron chi connectivity index (χ4n) is 2.62. The fourth-order valence-corrected chi connectivity index (χ4v) is 2.82. The van der Waals surface area contributed by atoms with Crippen molar-refractivity contribution in [2.24, 2.45) is 0 Å². The van der Waals surface area contributed by atoms with Gasteiger partial charge >= 0.3 is 0 Å². The molecule has 0 radical (unpaired) electrons. The Kier molecular flexibility index (Phi) is 3.45. The molecule has 19 heavy (non-hydrogen) atoms. The molecule has 1 N–H and O–H groups in total. The van der Waals surface area contributed by atoms with Crippen LogP contribution in [0.1, 0.15) is 29.6 Å². The zero-order valence-corrected chi connectivity index (χ0v) is 11.2. The highest BCUT2D eigenvalue weighted by Gasteiger charge is 2.28. The normalized spacial score (nSPS) is 19.4. The molecular weight excluding hydrogens is 260 g/mol. The fraction of sp³-hybridized carbons (Fsp3) is 0.250. The summed E-state index contributed by atoms with van der Waals surface area (Å²) in [6.45, 7) is 0.638. The Hall–Kier alpha value is -1.51. The first-order valence-electron chi connectivity index (χ1n) is 6.41. The Balaban J connectivity index is 1.95. The van der Waals surface area contributed by atoms with Crippen molar-refractivity contribution in [2.45, 2.75) is 18.4 Å². The highest BCUT2D eigenvalue weighted by atomic mass is 35.5. The van der Waals surface area contributed by atoms with Crippen molar-refractivity contribution >= 4 is 11.6 Å². The van der Waals surface area contributed by atoms with E-state index < -0.39 is 6.10 Å². The lowest BCUT2D eigenvalue weighted by atomic mass is 9.85. The molecule has 0 amide bonds. The second kappa shape index (κ2) is 5.24. The second-order valence-corrected chi connectivity index (χ2v) is 5.22. The number of para-hydroxylation sites is 1. The SMILES string of the molecule is OC(c1cccc(Cl)c1)C1CCOc2ccccc21. The number of hydrogen-bond donors (Lipinski definition) is 1. The van der Waals surface area contributed by atoms with Crippen LogP contribution < -0.4 is 4.74 Å². The Morgan fingerprint density at radius 3 is 2.84 bits per heavy atom. The maximum absolute atomic E-state index is 10.6. The standard InChI is InChI=1S/C16H15ClO2/c17-12-5-3-4-11(10-12)16(18)14-8-9-19-15-7-2-1-6-13(14)15/h1-7,10,14,16,18H,8-9H2. The van der Waals surface area contributed by atoms with Gasteiger partial charge in [0.15, 0.2) is 0 Å². The van der Waals surface area contributed by atoms with Crippen molar-refractivity contribution < 1.29 is 9.84 Å². The molecule has 2 atom stereocenters. The minimum atomic E-state index is -0.552. The summed E-state index contributed by atoms with van der Waals surface area (Å²) in [5, 5.41) is 11.3. The van der Waals surface area contributed by atoms with Crippen molar-refractivity contribution in [3.63, 3.8) is 0 Å². The topological polar surface area (TPSA) is 29.5 Å². The van der Waals surface area contributed by atoms with Crippen molar-refractivity contribution in [3.8, 4) is 5.75 Å². The number of ether oxygens (including phenoxy) is 1. The zero-order chi connectivity index (χ0) is 13.2. The van der Waals surface area contributed by atoms with E-state index in [9.17, 15) is 5.11 Å². The lowest BCUT2D eigenvalue weighted by Crippen LogP contribution is -2.20. The molecule has 0 spiro atoms. The van der Waals surface area contributed by atoms with Gasteiger partial charge in [0.2, 0.25) is 0 Å². The molecule has 3 heteroatoms. The largest absolute Gasteiger partial charge is 0.493 e. The molecule has 1 aliphatic rings. The average molecular weight is 275 g/mol. The molecule has 0 aliphatic carbocycles. The van der Waals surface area contributed by atoms with E-state index in [-0.39, 0.29) is 5.92 Å². The second-order valence-electron chi connectivity index (χ2n) is 4.78. The van der Waals surface area contributed by atoms with Gasteiger partial charge in [-0.05, 0) is 30.2 Å². The van der Waals surface area contributed by atoms with Crippen LogP contribution >= 0.6 is 11.6 Å². The monoisotopic (exact) mass is 274 g/mol. The lowest BCUT2D eigenvalue weighted by Gasteiger charge is -2.29. The highest BCUT2D eigenvalue weighted by molar-refractivity contribution is 6.30. The van der Waals surface area contributed by atoms with Crippen molar-refractivity contribution in [1.29, 1.82) is 0 Å². The minimum absolute atomic E-state index is 0.0587. The van der Waals surface area contributed by atoms with E-state index in [1.165, 1.54) is 0 Å². The van der Waals surface area contributed by atoms with Gasteiger partial charge in [0, 0.05) is 16.5 Å². The van der Waals surface area contributed by atoms with Crippen LogP contribution in [0.5, 0.6) is 5.75 Å². The molecule has 2 unspecified atom stereocenters. The van der Waals surface area contributed by atoms with Gasteiger partial charge in [-0.3, -0.25) is 0 Å². The molecule has 0 saturated carbocycles. The van der Waals surface area contributed by atoms with Gasteiger partial charge < -0.3 is 9.84 Å². The van der Waals surface area contributed by atoms with Gasteiger partial charge in [0.05, 0.1) is 12.7 Å². The van der Waals surface area contributed by atoms with Crippen molar-refractivity contribution in [1.82, 2.24) is 0 Å². The molecule has 2 aromatic rings. The first kappa shape index (κ1) is 12.5. The van der Waals surface area contributed by atoms with Crippen LogP contribution in [0.3, 0.4) is 0 Å². The van der Waals surface area contributed by atoms with E-state index >= 15 is 0 Å². The molecule has 0 fully saturated rings. The predicted octanol–water partition coefficient (Wildman–Crippen LogP) is 3.94. The van der Waals surface area contributed by atoms with Crippen molar-refractivity contribution in [3.05, 3.63) is 64.7 Å². The number of halogens is 1. The molecule has 2 aromatic carbocycles. The van der Waals surface area contributed by atoms with Crippen LogP contribution in [0.25, 0.3) is 0 Å². The van der Waals surface area contributed by atoms with Crippen LogP contribution in [0.4, 0.5) is 0 Å². The number of aliphatic hydroxyl groups is 1. The Morgan fingerprint density at radius 1 is 1.16 bits per heavy atom. The summed E-state index contributed by atoms with van der Waals surface area (Å²) in [4.78, 5) is 0. The zero-order valence-electron chi connectivity index (χ0n) is 10.4. The van der Waals surface area contributed by atoms with Gasteiger partial charge in [-0.15, -0.1) is 0 Å². The molecule has 2 nitrogen and oxygen atoms in total. The van der Waals surface area contributed by atoms with E-state index in [0.29, 0.717) is 11.6 Å². The molecule has 0 bridgehead atoms. The predicted molar refractivity (Wildman–Crippen MR) is 75.7 cm³/mol. The molecular formula is C16H15ClO2. The van der Waals surface area contributed by atoms with Crippen LogP contribution in [-0.2, 0) is 0 Å². The summed E-state index contributed by atoms with van der Waals surface area (Å²) in [5.74, 6) is 0.934. The number of fused-ring (bicyclic) bond motifs is 1. The number of rotatable bonds is 2. The van der Waals surface area contributed by atoms with Crippen LogP contribution in [0, 0.1) is 0 Å². The third-order valence-electron chi connectivity index (χ3n) is 3.58. The molecule has 1 heterocycles. The molecule has 98 valence electrons. The maximum Gasteiger partial charge on any atom is 0.122 e. The first-order valence-corrected chi connectivity index (χ1v) is 6.79. The number of aliphatic hydroxyl groups excluding tert-OH is 1. The summed E-state index contributed by atoms with van der Waals surface area (Å²) in [5.41, 5.74) is 1.93. The highest BCUT2D eigenvalue weighted by Crippen LogP contribution is 2.41. The lowest BCUT2D eigenvalue weighted by molar-refractivity contribution is 0.117. The van der Waals surface area contributed by atoms with Gasteiger partial charge in [-0.25, -0.2) is 0 Å². The van der Waals surface area contributed by atoms with Crippen molar-refractivity contribution in [2.75, 3.05) is 6.61 Å². The summed E-state index contributed by atoms with van der Waals surface area (Å²) < 4.78 is 5.63. The Bertz CT molecular complexity index is 582. The molecule has 0 aromatic heterocycles. The van der Waals surface area contributed by atoms with E-state index in [4.69, 9.17) is 16.3 Å². The van der Waals surface area contributed by atoms with E-state index in [1.807, 2.05) is 48.5 Å². The minimum Gasteiger partial charge on any atom is -0.493 e. The van der Waals surface area contributed by atoms with Gasteiger partial charge in [-0.1, -0.05) is 41.9 Å². The Morgan fingerprint density at radius 2 is 2.00 bits per heavy atom. The summed E-state index contributed by atoms with van der Waals surface area (Å²) in [6.07, 6.45) is 0.258. The van der Waals surface area contributed by atoms with Crippen LogP contribution in [0.2, 0.25) is 5.02 Å². The third kappa shape index (κ3) is 2.46. The van der Waals surface area contributed by atoms with Gasteiger partial charge in [0.1, 0.15) is 5.75 Å². The van der Waals surface area contributed by atoms with E-state index in [2.05, 4.69) is 0 Å². The number of hydrogen-bond acceptors (Lipinski definition) is 2. The summed E-state index contributed by atoms with van der Waals surface area (Å²) in [6, 6.07) is 15.3. The van der Waals surface area contributed by atoms with Gasteiger partial charge in [0.25, 0.3) is 0 Å². The van der Waals surface area contributed by atoms with Gasteiger partial charge in [-0.2, -0.15) is 0 Å². The van der Waals surface area contributed by atoms with E-state index in [0.717, 1.165) is 23.3 Å². The average Bonchev–Trinajstić information content (AvgIpc) is 2.46. The summed E-state index contributed by atoms with van der Waals surface area (Å²) in [7, 11) is 0.